The minimum atomic E-state index is -1.31. The van der Waals surface area contributed by atoms with Crippen molar-refractivity contribution in [1.29, 1.82) is 0 Å². The number of aromatic nitrogens is 1. The molecule has 150 valence electrons. The molecule has 0 amide bonds. The molecule has 0 spiro atoms. The van der Waals surface area contributed by atoms with Gasteiger partial charge in [-0.2, -0.15) is 0 Å². The molecule has 0 bridgehead atoms. The Bertz CT molecular complexity index is 1160. The van der Waals surface area contributed by atoms with Crippen molar-refractivity contribution in [3.05, 3.63) is 79.8 Å². The summed E-state index contributed by atoms with van der Waals surface area (Å²) >= 11 is 5.97. The number of carboxylic acids is 1. The van der Waals surface area contributed by atoms with Gasteiger partial charge in [-0.15, -0.1) is 0 Å². The van der Waals surface area contributed by atoms with Crippen LogP contribution in [-0.2, 0) is 6.54 Å². The van der Waals surface area contributed by atoms with Crippen LogP contribution in [0.5, 0.6) is 0 Å². The van der Waals surface area contributed by atoms with Crippen LogP contribution in [0.15, 0.2) is 41.2 Å². The maximum Gasteiger partial charge on any atom is 0.341 e. The Kier molecular flexibility index (Phi) is 5.62. The molecule has 0 atom stereocenters. The molecular formula is C23H21ClFNO3. The van der Waals surface area contributed by atoms with E-state index in [1.165, 1.54) is 0 Å². The van der Waals surface area contributed by atoms with E-state index >= 15 is 0 Å². The molecule has 0 aliphatic rings. The van der Waals surface area contributed by atoms with Crippen molar-refractivity contribution in [2.24, 2.45) is 0 Å². The Hall–Kier alpha value is -2.92. The third-order valence-corrected chi connectivity index (χ3v) is 5.35. The van der Waals surface area contributed by atoms with E-state index in [1.54, 1.807) is 61.7 Å². The van der Waals surface area contributed by atoms with Crippen molar-refractivity contribution >= 4 is 17.6 Å². The molecule has 1 heterocycles. The first-order chi connectivity index (χ1) is 13.7. The van der Waals surface area contributed by atoms with Crippen LogP contribution in [-0.4, -0.2) is 15.6 Å². The van der Waals surface area contributed by atoms with E-state index in [-0.39, 0.29) is 16.9 Å². The topological polar surface area (TPSA) is 59.3 Å². The Labute approximate surface area is 173 Å². The summed E-state index contributed by atoms with van der Waals surface area (Å²) in [7, 11) is 0. The molecule has 0 unspecified atom stereocenters. The molecule has 0 saturated carbocycles. The number of halogens is 2. The van der Waals surface area contributed by atoms with Crippen LogP contribution in [0, 0.1) is 26.6 Å². The maximum atomic E-state index is 14.1. The van der Waals surface area contributed by atoms with Crippen LogP contribution in [0.2, 0.25) is 5.02 Å². The molecule has 0 saturated heterocycles. The van der Waals surface area contributed by atoms with Crippen molar-refractivity contribution in [1.82, 2.24) is 4.57 Å². The van der Waals surface area contributed by atoms with E-state index < -0.39 is 11.4 Å². The molecule has 1 aromatic heterocycles. The maximum absolute atomic E-state index is 14.1. The fraction of sp³-hybridized carbons (Fsp3) is 0.217. The lowest BCUT2D eigenvalue weighted by Gasteiger charge is -2.21. The zero-order valence-corrected chi connectivity index (χ0v) is 17.4. The average Bonchev–Trinajstić information content (AvgIpc) is 2.66. The molecule has 3 aromatic rings. The third-order valence-electron chi connectivity index (χ3n) is 5.10. The molecule has 29 heavy (non-hydrogen) atoms. The second-order valence-corrected chi connectivity index (χ2v) is 7.43. The summed E-state index contributed by atoms with van der Waals surface area (Å²) in [5.74, 6) is -1.64. The highest BCUT2D eigenvalue weighted by atomic mass is 35.5. The average molecular weight is 414 g/mol. The summed E-state index contributed by atoms with van der Waals surface area (Å²) in [4.78, 5) is 25.5. The number of carboxylic acid groups (broad SMARTS) is 1. The van der Waals surface area contributed by atoms with Crippen LogP contribution in [0.4, 0.5) is 4.39 Å². The molecule has 2 aromatic carbocycles. The van der Waals surface area contributed by atoms with E-state index in [9.17, 15) is 19.1 Å². The monoisotopic (exact) mass is 413 g/mol. The summed E-state index contributed by atoms with van der Waals surface area (Å²) in [6.45, 7) is 7.36. The van der Waals surface area contributed by atoms with E-state index in [0.717, 1.165) is 0 Å². The summed E-state index contributed by atoms with van der Waals surface area (Å²) in [5.41, 5.74) is 2.23. The molecule has 4 nitrogen and oxygen atoms in total. The number of benzene rings is 2. The number of hydrogen-bond acceptors (Lipinski definition) is 2. The van der Waals surface area contributed by atoms with E-state index in [0.29, 0.717) is 45.2 Å². The van der Waals surface area contributed by atoms with Gasteiger partial charge in [0, 0.05) is 22.8 Å². The Morgan fingerprint density at radius 2 is 1.62 bits per heavy atom. The first kappa shape index (κ1) is 20.8. The second kappa shape index (κ2) is 7.84. The minimum absolute atomic E-state index is 0.271. The first-order valence-electron chi connectivity index (χ1n) is 9.21. The van der Waals surface area contributed by atoms with Crippen LogP contribution in [0.25, 0.3) is 22.4 Å². The van der Waals surface area contributed by atoms with Gasteiger partial charge in [-0.05, 0) is 74.2 Å². The van der Waals surface area contributed by atoms with Gasteiger partial charge in [0.15, 0.2) is 0 Å². The third kappa shape index (κ3) is 3.58. The Balaban J connectivity index is 2.46. The van der Waals surface area contributed by atoms with E-state index in [4.69, 9.17) is 11.6 Å². The predicted molar refractivity (Wildman–Crippen MR) is 113 cm³/mol. The van der Waals surface area contributed by atoms with Crippen LogP contribution in [0.3, 0.4) is 0 Å². The van der Waals surface area contributed by atoms with Crippen LogP contribution in [0.1, 0.15) is 34.1 Å². The summed E-state index contributed by atoms with van der Waals surface area (Å²) in [6.07, 6.45) is 0. The number of nitrogens with zero attached hydrogens (tertiary/aromatic N) is 1. The van der Waals surface area contributed by atoms with Crippen molar-refractivity contribution in [3.8, 4) is 22.4 Å². The van der Waals surface area contributed by atoms with Crippen LogP contribution < -0.4 is 5.43 Å². The second-order valence-electron chi connectivity index (χ2n) is 6.99. The Morgan fingerprint density at radius 3 is 2.10 bits per heavy atom. The van der Waals surface area contributed by atoms with Gasteiger partial charge >= 0.3 is 5.97 Å². The lowest BCUT2D eigenvalue weighted by molar-refractivity contribution is 0.0695. The van der Waals surface area contributed by atoms with Crippen molar-refractivity contribution in [2.45, 2.75) is 34.2 Å². The first-order valence-corrected chi connectivity index (χ1v) is 9.58. The number of rotatable bonds is 4. The highest BCUT2D eigenvalue weighted by Crippen LogP contribution is 2.31. The van der Waals surface area contributed by atoms with Gasteiger partial charge in [0.1, 0.15) is 11.4 Å². The van der Waals surface area contributed by atoms with Gasteiger partial charge in [0.05, 0.1) is 5.69 Å². The van der Waals surface area contributed by atoms with E-state index in [2.05, 4.69) is 0 Å². The minimum Gasteiger partial charge on any atom is -0.477 e. The number of hydrogen-bond donors (Lipinski definition) is 1. The fourth-order valence-corrected chi connectivity index (χ4v) is 3.89. The molecule has 0 aliphatic heterocycles. The highest BCUT2D eigenvalue weighted by molar-refractivity contribution is 6.30. The van der Waals surface area contributed by atoms with Gasteiger partial charge < -0.3 is 9.67 Å². The number of pyridine rings is 1. The van der Waals surface area contributed by atoms with Gasteiger partial charge in [0.25, 0.3) is 0 Å². The fourth-order valence-electron chi connectivity index (χ4n) is 3.77. The summed E-state index contributed by atoms with van der Waals surface area (Å²) in [6, 6.07) is 9.87. The van der Waals surface area contributed by atoms with E-state index in [1.807, 2.05) is 6.92 Å². The molecule has 0 radical (unpaired) electrons. The van der Waals surface area contributed by atoms with Crippen LogP contribution >= 0.6 is 11.6 Å². The largest absolute Gasteiger partial charge is 0.477 e. The molecular weight excluding hydrogens is 393 g/mol. The normalized spacial score (nSPS) is 11.0. The summed E-state index contributed by atoms with van der Waals surface area (Å²) in [5, 5.41) is 10.4. The number of aromatic carboxylic acids is 1. The number of carbonyl (C=O) groups is 1. The van der Waals surface area contributed by atoms with Gasteiger partial charge in [-0.25, -0.2) is 9.18 Å². The lowest BCUT2D eigenvalue weighted by Crippen LogP contribution is -2.25. The summed E-state index contributed by atoms with van der Waals surface area (Å²) < 4.78 is 15.9. The quantitative estimate of drug-likeness (QED) is 0.604. The van der Waals surface area contributed by atoms with Crippen molar-refractivity contribution < 1.29 is 14.3 Å². The van der Waals surface area contributed by atoms with Gasteiger partial charge in [-0.3, -0.25) is 4.79 Å². The van der Waals surface area contributed by atoms with Crippen molar-refractivity contribution in [2.75, 3.05) is 0 Å². The smallest absolute Gasteiger partial charge is 0.341 e. The zero-order valence-electron chi connectivity index (χ0n) is 16.6. The SMILES string of the molecule is CCn1c(C)c(-c2cc(C)c(F)c(C)c2)c(=O)c(C(=O)O)c1-c1ccc(Cl)cc1. The molecule has 0 fully saturated rings. The van der Waals surface area contributed by atoms with Gasteiger partial charge in [0.2, 0.25) is 5.43 Å². The lowest BCUT2D eigenvalue weighted by atomic mass is 9.94. The van der Waals surface area contributed by atoms with Gasteiger partial charge in [-0.1, -0.05) is 23.7 Å². The predicted octanol–water partition coefficient (Wildman–Crippen LogP) is 5.62. The molecule has 6 heteroatoms. The number of aryl methyl sites for hydroxylation is 2. The zero-order chi connectivity index (χ0) is 21.5. The molecule has 1 N–H and O–H groups in total. The standard InChI is InChI=1S/C23H21ClFNO3/c1-5-26-14(4)18(16-10-12(2)20(25)13(3)11-16)22(27)19(23(28)29)21(26)15-6-8-17(24)9-7-15/h6-11H,5H2,1-4H3,(H,28,29). The molecule has 0 aliphatic carbocycles. The Morgan fingerprint density at radius 1 is 1.07 bits per heavy atom. The molecule has 3 rings (SSSR count). The highest BCUT2D eigenvalue weighted by Gasteiger charge is 2.26. The van der Waals surface area contributed by atoms with Crippen molar-refractivity contribution in [3.63, 3.8) is 0 Å².